The summed E-state index contributed by atoms with van der Waals surface area (Å²) in [6.07, 6.45) is 2.91. The van der Waals surface area contributed by atoms with Crippen molar-refractivity contribution in [3.05, 3.63) is 36.0 Å². The third-order valence-electron chi connectivity index (χ3n) is 4.63. The van der Waals surface area contributed by atoms with Crippen molar-refractivity contribution >= 4 is 29.5 Å². The van der Waals surface area contributed by atoms with Gasteiger partial charge < -0.3 is 16.2 Å². The second kappa shape index (κ2) is 7.22. The fraction of sp³-hybridized carbons (Fsp3) is 0.375. The summed E-state index contributed by atoms with van der Waals surface area (Å²) in [5, 5.41) is 9.58. The molecular formula is C16H16N3NaO5S. The zero-order chi connectivity index (χ0) is 17.7. The number of pyridine rings is 1. The molecule has 0 bridgehead atoms. The first kappa shape index (κ1) is 19.2. The SMILES string of the molecule is CC(=O)N1C[C@H]2OC(CSc3ccncc3)=C(C(=O)O)N3C(=O)[C@@H]1[C@@H]23.[H-].[Na+]. The van der Waals surface area contributed by atoms with E-state index in [1.54, 1.807) is 12.4 Å². The predicted octanol–water partition coefficient (Wildman–Crippen LogP) is -2.57. The van der Waals surface area contributed by atoms with Gasteiger partial charge in [-0.25, -0.2) is 4.79 Å². The molecule has 10 heteroatoms. The maximum absolute atomic E-state index is 12.5. The molecule has 0 aliphatic carbocycles. The Hall–Kier alpha value is -1.55. The fourth-order valence-corrected chi connectivity index (χ4v) is 4.39. The van der Waals surface area contributed by atoms with Crippen molar-refractivity contribution in [1.82, 2.24) is 14.8 Å². The maximum atomic E-state index is 12.5. The van der Waals surface area contributed by atoms with Crippen LogP contribution in [0.4, 0.5) is 0 Å². The average molecular weight is 385 g/mol. The molecule has 2 saturated heterocycles. The van der Waals surface area contributed by atoms with Gasteiger partial charge in [0.25, 0.3) is 5.91 Å². The summed E-state index contributed by atoms with van der Waals surface area (Å²) in [4.78, 5) is 43.5. The van der Waals surface area contributed by atoms with Crippen LogP contribution in [-0.4, -0.2) is 68.2 Å². The minimum atomic E-state index is -1.20. The molecule has 3 aliphatic rings. The number of carbonyl (C=O) groups excluding carboxylic acids is 2. The summed E-state index contributed by atoms with van der Waals surface area (Å²) in [6, 6.07) is 2.62. The van der Waals surface area contributed by atoms with Crippen LogP contribution in [-0.2, 0) is 19.1 Å². The zero-order valence-corrected chi connectivity index (χ0v) is 17.1. The number of thioether (sulfide) groups is 1. The van der Waals surface area contributed by atoms with E-state index >= 15 is 0 Å². The van der Waals surface area contributed by atoms with E-state index in [1.165, 1.54) is 28.5 Å². The molecular weight excluding hydrogens is 369 g/mol. The second-order valence-electron chi connectivity index (χ2n) is 6.02. The number of likely N-dealkylation sites (tertiary alicyclic amines) is 1. The van der Waals surface area contributed by atoms with Crippen molar-refractivity contribution in [1.29, 1.82) is 0 Å². The van der Waals surface area contributed by atoms with E-state index in [0.29, 0.717) is 6.54 Å². The smallest absolute Gasteiger partial charge is 1.00 e. The van der Waals surface area contributed by atoms with Crippen LogP contribution in [0.1, 0.15) is 8.35 Å². The molecule has 1 aromatic rings. The number of aliphatic carboxylic acids is 1. The molecule has 26 heavy (non-hydrogen) atoms. The van der Waals surface area contributed by atoms with Gasteiger partial charge in [-0.15, -0.1) is 11.8 Å². The van der Waals surface area contributed by atoms with Crippen LogP contribution in [0.5, 0.6) is 0 Å². The van der Waals surface area contributed by atoms with Gasteiger partial charge >= 0.3 is 35.5 Å². The number of rotatable bonds is 4. The molecule has 2 fully saturated rings. The van der Waals surface area contributed by atoms with E-state index < -0.39 is 18.1 Å². The van der Waals surface area contributed by atoms with Crippen molar-refractivity contribution in [2.24, 2.45) is 0 Å². The van der Waals surface area contributed by atoms with Crippen LogP contribution < -0.4 is 29.6 Å². The molecule has 0 unspecified atom stereocenters. The number of aromatic nitrogens is 1. The van der Waals surface area contributed by atoms with E-state index in [4.69, 9.17) is 4.74 Å². The number of hydrogen-bond donors (Lipinski definition) is 1. The minimum Gasteiger partial charge on any atom is -1.00 e. The van der Waals surface area contributed by atoms with Gasteiger partial charge in [0.15, 0.2) is 5.70 Å². The van der Waals surface area contributed by atoms with Crippen LogP contribution in [0, 0.1) is 0 Å². The number of hydrogen-bond acceptors (Lipinski definition) is 6. The van der Waals surface area contributed by atoms with Crippen LogP contribution in [0.2, 0.25) is 0 Å². The molecule has 8 nitrogen and oxygen atoms in total. The Morgan fingerprint density at radius 3 is 2.73 bits per heavy atom. The Kier molecular flexibility index (Phi) is 5.34. The van der Waals surface area contributed by atoms with Gasteiger partial charge in [0, 0.05) is 24.2 Å². The molecule has 2 amide bonds. The van der Waals surface area contributed by atoms with Crippen molar-refractivity contribution in [2.45, 2.75) is 30.0 Å². The van der Waals surface area contributed by atoms with E-state index in [-0.39, 0.29) is 66.1 Å². The second-order valence-corrected chi connectivity index (χ2v) is 7.07. The first-order valence-electron chi connectivity index (χ1n) is 7.75. The largest absolute Gasteiger partial charge is 1.00 e. The number of carboxylic acid groups (broad SMARTS) is 1. The van der Waals surface area contributed by atoms with Gasteiger partial charge in [0.2, 0.25) is 5.91 Å². The normalized spacial score (nSPS) is 25.9. The number of carboxylic acids is 1. The number of amides is 2. The first-order valence-corrected chi connectivity index (χ1v) is 8.74. The van der Waals surface area contributed by atoms with Crippen LogP contribution in [0.25, 0.3) is 0 Å². The van der Waals surface area contributed by atoms with E-state index in [9.17, 15) is 19.5 Å². The topological polar surface area (TPSA) is 100 Å². The van der Waals surface area contributed by atoms with Crippen molar-refractivity contribution in [2.75, 3.05) is 12.3 Å². The average Bonchev–Trinajstić information content (AvgIpc) is 2.96. The molecule has 0 saturated carbocycles. The molecule has 132 valence electrons. The maximum Gasteiger partial charge on any atom is 1.00 e. The van der Waals surface area contributed by atoms with Gasteiger partial charge in [-0.1, -0.05) is 0 Å². The third-order valence-corrected chi connectivity index (χ3v) is 5.64. The minimum absolute atomic E-state index is 0. The Bertz CT molecular complexity index is 809. The Morgan fingerprint density at radius 2 is 2.12 bits per heavy atom. The van der Waals surface area contributed by atoms with Gasteiger partial charge in [-0.05, 0) is 12.1 Å². The van der Waals surface area contributed by atoms with Crippen molar-refractivity contribution in [3.8, 4) is 0 Å². The number of nitrogens with zero attached hydrogens (tertiary/aromatic N) is 3. The molecule has 0 aromatic carbocycles. The van der Waals surface area contributed by atoms with E-state index in [2.05, 4.69) is 4.98 Å². The number of ether oxygens (including phenoxy) is 1. The first-order chi connectivity index (χ1) is 12.0. The Labute approximate surface area is 177 Å². The molecule has 0 radical (unpaired) electrons. The van der Waals surface area contributed by atoms with E-state index in [0.717, 1.165) is 4.90 Å². The molecule has 4 rings (SSSR count). The summed E-state index contributed by atoms with van der Waals surface area (Å²) in [7, 11) is 0. The third kappa shape index (κ3) is 2.92. The number of β-lactam (4-membered cyclic amide) rings is 1. The summed E-state index contributed by atoms with van der Waals surface area (Å²) < 4.78 is 5.91. The molecule has 3 aliphatic heterocycles. The Balaban J connectivity index is 0.00000131. The summed E-state index contributed by atoms with van der Waals surface area (Å²) in [6.45, 7) is 1.70. The molecule has 1 aromatic heterocycles. The predicted molar refractivity (Wildman–Crippen MR) is 87.4 cm³/mol. The summed E-state index contributed by atoms with van der Waals surface area (Å²) in [5.41, 5.74) is -0.116. The van der Waals surface area contributed by atoms with Crippen LogP contribution >= 0.6 is 11.8 Å². The number of carbonyl (C=O) groups is 3. The summed E-state index contributed by atoms with van der Waals surface area (Å²) in [5.74, 6) is -1.22. The van der Waals surface area contributed by atoms with Crippen LogP contribution in [0.15, 0.2) is 40.9 Å². The van der Waals surface area contributed by atoms with Gasteiger partial charge in [0.1, 0.15) is 23.9 Å². The standard InChI is InChI=1S/C16H15N3O5S.Na.H/c1-8(20)18-6-10-12-14(18)15(21)19(12)13(16(22)23)11(24-10)7-25-9-2-4-17-5-3-9;;/h2-5,10,12,14H,6-7H2,1H3,(H,22,23);;/q;+1;-1/t10-,12-,14+;;/m1../s1. The van der Waals surface area contributed by atoms with Crippen LogP contribution in [0.3, 0.4) is 0 Å². The van der Waals surface area contributed by atoms with Gasteiger partial charge in [-0.2, -0.15) is 0 Å². The van der Waals surface area contributed by atoms with Crippen molar-refractivity contribution < 1.29 is 55.2 Å². The molecule has 0 spiro atoms. The quantitative estimate of drug-likeness (QED) is 0.345. The Morgan fingerprint density at radius 1 is 1.42 bits per heavy atom. The molecule has 4 heterocycles. The zero-order valence-electron chi connectivity index (χ0n) is 15.3. The molecule has 3 atom stereocenters. The fourth-order valence-electron chi connectivity index (χ4n) is 3.57. The van der Waals surface area contributed by atoms with Crippen molar-refractivity contribution in [3.63, 3.8) is 0 Å². The van der Waals surface area contributed by atoms with Gasteiger partial charge in [0.05, 0.1) is 12.3 Å². The summed E-state index contributed by atoms with van der Waals surface area (Å²) >= 11 is 1.41. The van der Waals surface area contributed by atoms with E-state index in [1.807, 2.05) is 12.1 Å². The van der Waals surface area contributed by atoms with Gasteiger partial charge in [-0.3, -0.25) is 19.5 Å². The molecule has 1 N–H and O–H groups in total. The monoisotopic (exact) mass is 385 g/mol.